The summed E-state index contributed by atoms with van der Waals surface area (Å²) >= 11 is 3.57. The highest BCUT2D eigenvalue weighted by molar-refractivity contribution is 9.09. The van der Waals surface area contributed by atoms with Gasteiger partial charge >= 0.3 is 12.1 Å². The molecule has 0 aromatic heterocycles. The normalized spacial score (nSPS) is 19.4. The molecule has 1 unspecified atom stereocenters. The summed E-state index contributed by atoms with van der Waals surface area (Å²) in [7, 11) is 0. The third-order valence-corrected chi connectivity index (χ3v) is 4.48. The van der Waals surface area contributed by atoms with Crippen molar-refractivity contribution in [3.05, 3.63) is 0 Å². The van der Waals surface area contributed by atoms with Crippen molar-refractivity contribution in [2.45, 2.75) is 69.3 Å². The van der Waals surface area contributed by atoms with Gasteiger partial charge in [0.15, 0.2) is 0 Å². The maximum absolute atomic E-state index is 11.7. The highest BCUT2D eigenvalue weighted by Crippen LogP contribution is 2.33. The number of nitrogens with one attached hydrogen (secondary N) is 1. The molecule has 0 bridgehead atoms. The monoisotopic (exact) mass is 349 g/mol. The molecule has 1 fully saturated rings. The van der Waals surface area contributed by atoms with Crippen molar-refractivity contribution in [1.82, 2.24) is 5.32 Å². The zero-order chi connectivity index (χ0) is 15.3. The number of hydrogen-bond donors (Lipinski definition) is 2. The first kappa shape index (κ1) is 17.3. The number of carboxylic acid groups (broad SMARTS) is 1. The molecule has 2 atom stereocenters. The van der Waals surface area contributed by atoms with Crippen molar-refractivity contribution in [3.8, 4) is 0 Å². The summed E-state index contributed by atoms with van der Waals surface area (Å²) in [4.78, 5) is 23.0. The summed E-state index contributed by atoms with van der Waals surface area (Å²) in [6.45, 7) is 5.23. The van der Waals surface area contributed by atoms with Gasteiger partial charge in [-0.1, -0.05) is 28.8 Å². The minimum absolute atomic E-state index is 0.112. The topological polar surface area (TPSA) is 75.6 Å². The summed E-state index contributed by atoms with van der Waals surface area (Å²) in [6, 6.07) is -0.921. The fourth-order valence-electron chi connectivity index (χ4n) is 2.41. The van der Waals surface area contributed by atoms with Crippen molar-refractivity contribution < 1.29 is 19.4 Å². The van der Waals surface area contributed by atoms with Crippen LogP contribution in [0.2, 0.25) is 0 Å². The smallest absolute Gasteiger partial charge is 0.408 e. The fraction of sp³-hybridized carbons (Fsp3) is 0.857. The van der Waals surface area contributed by atoms with Crippen LogP contribution in [0, 0.1) is 5.92 Å². The molecular formula is C14H24BrNO4. The van der Waals surface area contributed by atoms with Gasteiger partial charge in [0.05, 0.1) is 0 Å². The van der Waals surface area contributed by atoms with Gasteiger partial charge in [0.2, 0.25) is 0 Å². The highest BCUT2D eigenvalue weighted by atomic mass is 79.9. The third kappa shape index (κ3) is 6.11. The number of hydrogen-bond acceptors (Lipinski definition) is 3. The standard InChI is InChI=1S/C14H24BrNO4/c1-14(2,3)20-13(19)16-11(12(17)18)8-10(15)9-6-4-5-7-9/h9-11H,4-8H2,1-3H3,(H,16,19)(H,17,18)/t10?,11-/m1/s1. The highest BCUT2D eigenvalue weighted by Gasteiger charge is 2.30. The van der Waals surface area contributed by atoms with Crippen LogP contribution in [0.25, 0.3) is 0 Å². The lowest BCUT2D eigenvalue weighted by atomic mass is 9.98. The Hall–Kier alpha value is -0.780. The lowest BCUT2D eigenvalue weighted by molar-refractivity contribution is -0.139. The number of ether oxygens (including phenoxy) is 1. The number of carbonyl (C=O) groups excluding carboxylic acids is 1. The molecule has 0 aromatic rings. The average molecular weight is 350 g/mol. The minimum Gasteiger partial charge on any atom is -0.480 e. The Labute approximate surface area is 128 Å². The minimum atomic E-state index is -1.03. The number of alkyl carbamates (subject to hydrolysis) is 1. The van der Waals surface area contributed by atoms with Crippen LogP contribution >= 0.6 is 15.9 Å². The van der Waals surface area contributed by atoms with E-state index in [4.69, 9.17) is 4.74 Å². The zero-order valence-electron chi connectivity index (χ0n) is 12.3. The van der Waals surface area contributed by atoms with Gasteiger partial charge in [0.1, 0.15) is 11.6 Å². The van der Waals surface area contributed by atoms with E-state index in [1.807, 2.05) is 0 Å². The Morgan fingerprint density at radius 2 is 1.90 bits per heavy atom. The first-order valence-corrected chi connectivity index (χ1v) is 7.97. The van der Waals surface area contributed by atoms with E-state index < -0.39 is 23.7 Å². The molecule has 1 aliphatic carbocycles. The van der Waals surface area contributed by atoms with Crippen molar-refractivity contribution in [2.75, 3.05) is 0 Å². The molecule has 5 nitrogen and oxygen atoms in total. The van der Waals surface area contributed by atoms with E-state index in [-0.39, 0.29) is 4.83 Å². The van der Waals surface area contributed by atoms with Crippen LogP contribution in [-0.4, -0.2) is 33.6 Å². The summed E-state index contributed by atoms with van der Waals surface area (Å²) in [5, 5.41) is 11.7. The van der Waals surface area contributed by atoms with Gasteiger partial charge in [-0.15, -0.1) is 0 Å². The van der Waals surface area contributed by atoms with E-state index in [0.29, 0.717) is 12.3 Å². The maximum Gasteiger partial charge on any atom is 0.408 e. The Bertz CT molecular complexity index is 348. The summed E-state index contributed by atoms with van der Waals surface area (Å²) in [5.74, 6) is -0.532. The molecule has 116 valence electrons. The Balaban J connectivity index is 2.51. The largest absolute Gasteiger partial charge is 0.480 e. The number of amides is 1. The molecule has 20 heavy (non-hydrogen) atoms. The van der Waals surface area contributed by atoms with Crippen molar-refractivity contribution >= 4 is 28.0 Å². The first-order chi connectivity index (χ1) is 9.19. The molecule has 1 aliphatic rings. The molecule has 0 saturated heterocycles. The quantitative estimate of drug-likeness (QED) is 0.746. The van der Waals surface area contributed by atoms with E-state index in [1.54, 1.807) is 20.8 Å². The molecule has 2 N–H and O–H groups in total. The van der Waals surface area contributed by atoms with Crippen LogP contribution in [0.4, 0.5) is 4.79 Å². The molecule has 0 spiro atoms. The van der Waals surface area contributed by atoms with Crippen LogP contribution in [0.15, 0.2) is 0 Å². The van der Waals surface area contributed by atoms with Gasteiger partial charge in [-0.3, -0.25) is 0 Å². The molecule has 0 aromatic carbocycles. The molecule has 0 radical (unpaired) electrons. The van der Waals surface area contributed by atoms with Crippen LogP contribution in [0.5, 0.6) is 0 Å². The fourth-order valence-corrected chi connectivity index (χ4v) is 3.31. The van der Waals surface area contributed by atoms with Gasteiger partial charge in [0, 0.05) is 4.83 Å². The van der Waals surface area contributed by atoms with E-state index >= 15 is 0 Å². The predicted molar refractivity (Wildman–Crippen MR) is 80.1 cm³/mol. The third-order valence-electron chi connectivity index (χ3n) is 3.36. The Morgan fingerprint density at radius 1 is 1.35 bits per heavy atom. The average Bonchev–Trinajstić information content (AvgIpc) is 2.78. The Morgan fingerprint density at radius 3 is 2.35 bits per heavy atom. The number of carbonyl (C=O) groups is 2. The van der Waals surface area contributed by atoms with Crippen molar-refractivity contribution in [2.24, 2.45) is 5.92 Å². The summed E-state index contributed by atoms with van der Waals surface area (Å²) in [5.41, 5.74) is -0.633. The molecular weight excluding hydrogens is 326 g/mol. The van der Waals surface area contributed by atoms with E-state index in [0.717, 1.165) is 12.8 Å². The van der Waals surface area contributed by atoms with Crippen molar-refractivity contribution in [1.29, 1.82) is 0 Å². The van der Waals surface area contributed by atoms with Gasteiger partial charge < -0.3 is 15.2 Å². The summed E-state index contributed by atoms with van der Waals surface area (Å²) in [6.07, 6.45) is 4.33. The van der Waals surface area contributed by atoms with E-state index in [9.17, 15) is 14.7 Å². The molecule has 1 amide bonds. The number of aliphatic carboxylic acids is 1. The number of carboxylic acids is 1. The lowest BCUT2D eigenvalue weighted by Crippen LogP contribution is -2.45. The maximum atomic E-state index is 11.7. The molecule has 1 saturated carbocycles. The van der Waals surface area contributed by atoms with Crippen LogP contribution in [0.3, 0.4) is 0 Å². The number of rotatable bonds is 5. The number of alkyl halides is 1. The van der Waals surface area contributed by atoms with Crippen molar-refractivity contribution in [3.63, 3.8) is 0 Å². The van der Waals surface area contributed by atoms with Gasteiger partial charge in [0.25, 0.3) is 0 Å². The van der Waals surface area contributed by atoms with Gasteiger partial charge in [-0.2, -0.15) is 0 Å². The van der Waals surface area contributed by atoms with E-state index in [1.165, 1.54) is 12.8 Å². The lowest BCUT2D eigenvalue weighted by Gasteiger charge is -2.24. The predicted octanol–water partition coefficient (Wildman–Crippen LogP) is 3.31. The van der Waals surface area contributed by atoms with E-state index in [2.05, 4.69) is 21.2 Å². The first-order valence-electron chi connectivity index (χ1n) is 7.05. The second kappa shape index (κ2) is 7.29. The molecule has 0 aliphatic heterocycles. The molecule has 0 heterocycles. The van der Waals surface area contributed by atoms with Crippen LogP contribution in [-0.2, 0) is 9.53 Å². The van der Waals surface area contributed by atoms with Crippen LogP contribution in [0.1, 0.15) is 52.9 Å². The van der Waals surface area contributed by atoms with Crippen LogP contribution < -0.4 is 5.32 Å². The zero-order valence-corrected chi connectivity index (χ0v) is 13.9. The summed E-state index contributed by atoms with van der Waals surface area (Å²) < 4.78 is 5.10. The number of halogens is 1. The molecule has 1 rings (SSSR count). The second-order valence-corrected chi connectivity index (χ2v) is 7.51. The SMILES string of the molecule is CC(C)(C)OC(=O)N[C@H](CC(Br)C1CCCC1)C(=O)O. The molecule has 6 heteroatoms. The Kier molecular flexibility index (Phi) is 6.30. The second-order valence-electron chi connectivity index (χ2n) is 6.33. The van der Waals surface area contributed by atoms with Gasteiger partial charge in [-0.25, -0.2) is 9.59 Å². The van der Waals surface area contributed by atoms with Gasteiger partial charge in [-0.05, 0) is 46.0 Å².